The Labute approximate surface area is 248 Å². The van der Waals surface area contributed by atoms with Gasteiger partial charge in [-0.25, -0.2) is 18.8 Å². The van der Waals surface area contributed by atoms with Crippen molar-refractivity contribution in [1.82, 2.24) is 4.90 Å². The maximum atomic E-state index is 15.8. The maximum Gasteiger partial charge on any atom is 0.410 e. The van der Waals surface area contributed by atoms with E-state index in [1.807, 2.05) is 6.07 Å². The van der Waals surface area contributed by atoms with Crippen molar-refractivity contribution in [2.24, 2.45) is 5.73 Å². The lowest BCUT2D eigenvalue weighted by Gasteiger charge is -2.36. The van der Waals surface area contributed by atoms with Gasteiger partial charge < -0.3 is 29.6 Å². The molecule has 2 aromatic carbocycles. The van der Waals surface area contributed by atoms with Crippen molar-refractivity contribution >= 4 is 23.7 Å². The van der Waals surface area contributed by atoms with E-state index in [0.717, 1.165) is 25.2 Å². The number of methoxy groups -OCH3 is 2. The highest BCUT2D eigenvalue weighted by Gasteiger charge is 2.44. The normalized spacial score (nSPS) is 18.7. The minimum atomic E-state index is -1.11. The summed E-state index contributed by atoms with van der Waals surface area (Å²) in [6.07, 6.45) is -0.667. The smallest absolute Gasteiger partial charge is 0.410 e. The first-order valence-electron chi connectivity index (χ1n) is 13.5. The van der Waals surface area contributed by atoms with Crippen molar-refractivity contribution in [3.05, 3.63) is 82.6 Å². The lowest BCUT2D eigenvalue weighted by atomic mass is 9.81. The molecule has 0 spiro atoms. The highest BCUT2D eigenvalue weighted by Crippen LogP contribution is 2.46. The van der Waals surface area contributed by atoms with Crippen molar-refractivity contribution < 1.29 is 37.7 Å². The molecule has 0 bridgehead atoms. The highest BCUT2D eigenvalue weighted by molar-refractivity contribution is 6.06. The summed E-state index contributed by atoms with van der Waals surface area (Å²) in [6, 6.07) is 14.5. The number of carbonyl (C=O) groups is 3. The van der Waals surface area contributed by atoms with Crippen LogP contribution in [0.5, 0.6) is 5.75 Å². The molecule has 2 aromatic rings. The Morgan fingerprint density at radius 3 is 2.30 bits per heavy atom. The summed E-state index contributed by atoms with van der Waals surface area (Å²) in [7, 11) is 2.22. The van der Waals surface area contributed by atoms with Crippen LogP contribution < -0.4 is 15.4 Å². The van der Waals surface area contributed by atoms with E-state index in [1.165, 1.54) is 17.0 Å². The molecule has 2 unspecified atom stereocenters. The third-order valence-corrected chi connectivity index (χ3v) is 6.87. The molecular weight excluding hydrogens is 559 g/mol. The van der Waals surface area contributed by atoms with Crippen LogP contribution in [-0.2, 0) is 23.8 Å². The Kier molecular flexibility index (Phi) is 8.94. The first-order chi connectivity index (χ1) is 20.4. The third-order valence-electron chi connectivity index (χ3n) is 6.87. The number of esters is 2. The number of allylic oxidation sites excluding steroid dienone is 1. The predicted octanol–water partition coefficient (Wildman–Crippen LogP) is 4.11. The number of nitrogens with two attached hydrogens (primary N) is 1. The topological polar surface area (TPSA) is 144 Å². The lowest BCUT2D eigenvalue weighted by molar-refractivity contribution is -0.139. The molecule has 1 saturated heterocycles. The van der Waals surface area contributed by atoms with Gasteiger partial charge in [-0.3, -0.25) is 4.90 Å². The van der Waals surface area contributed by atoms with Crippen molar-refractivity contribution in [2.45, 2.75) is 44.8 Å². The molecule has 2 aliphatic heterocycles. The predicted molar refractivity (Wildman–Crippen MR) is 153 cm³/mol. The van der Waals surface area contributed by atoms with Crippen LogP contribution in [0, 0.1) is 17.1 Å². The average Bonchev–Trinajstić information content (AvgIpc) is 3.44. The summed E-state index contributed by atoms with van der Waals surface area (Å²) in [5.74, 6) is -4.28. The van der Waals surface area contributed by atoms with Gasteiger partial charge >= 0.3 is 18.0 Å². The molecule has 0 radical (unpaired) electrons. The Hall–Kier alpha value is -5.05. The Bertz CT molecular complexity index is 1520. The van der Waals surface area contributed by atoms with E-state index in [9.17, 15) is 19.6 Å². The lowest BCUT2D eigenvalue weighted by Crippen LogP contribution is -2.41. The van der Waals surface area contributed by atoms with Crippen molar-refractivity contribution in [1.29, 1.82) is 5.26 Å². The van der Waals surface area contributed by atoms with Gasteiger partial charge in [0.15, 0.2) is 5.82 Å². The van der Waals surface area contributed by atoms with Crippen LogP contribution in [0.25, 0.3) is 0 Å². The molecule has 2 atom stereocenters. The van der Waals surface area contributed by atoms with Crippen LogP contribution in [0.2, 0.25) is 0 Å². The van der Waals surface area contributed by atoms with Gasteiger partial charge in [0.05, 0.1) is 43.9 Å². The monoisotopic (exact) mass is 592 g/mol. The van der Waals surface area contributed by atoms with Gasteiger partial charge in [0.25, 0.3) is 0 Å². The minimum absolute atomic E-state index is 0.0416. The molecule has 226 valence electrons. The standard InChI is InChI=1S/C31H33FN4O7/c1-31(2,3)43-30(39)35-15-14-19(17-35)42-22-13-9-12-21(32)25(22)36-26(29(38)41-5)24(28(37)40-4)23(20(16-33)27(36)34)18-10-7-6-8-11-18/h6-13,19,23H,14-15,17,34H2,1-5H3. The first-order valence-corrected chi connectivity index (χ1v) is 13.5. The quantitative estimate of drug-likeness (QED) is 0.384. The largest absolute Gasteiger partial charge is 0.486 e. The zero-order valence-corrected chi connectivity index (χ0v) is 24.5. The number of anilines is 1. The van der Waals surface area contributed by atoms with Gasteiger partial charge in [0.1, 0.15) is 34.7 Å². The van der Waals surface area contributed by atoms with Crippen LogP contribution in [-0.4, -0.2) is 61.9 Å². The summed E-state index contributed by atoms with van der Waals surface area (Å²) >= 11 is 0. The van der Waals surface area contributed by atoms with Crippen molar-refractivity contribution in [3.8, 4) is 11.8 Å². The summed E-state index contributed by atoms with van der Waals surface area (Å²) in [5.41, 5.74) is 5.19. The fourth-order valence-corrected chi connectivity index (χ4v) is 5.05. The molecule has 4 rings (SSSR count). The molecule has 2 N–H and O–H groups in total. The molecule has 0 aliphatic carbocycles. The van der Waals surface area contributed by atoms with Crippen molar-refractivity contribution in [2.75, 3.05) is 32.2 Å². The fraction of sp³-hybridized carbons (Fsp3) is 0.355. The van der Waals surface area contributed by atoms with Crippen molar-refractivity contribution in [3.63, 3.8) is 0 Å². The average molecular weight is 593 g/mol. The number of halogens is 1. The Morgan fingerprint density at radius 2 is 1.70 bits per heavy atom. The summed E-state index contributed by atoms with van der Waals surface area (Å²) in [4.78, 5) is 41.7. The van der Waals surface area contributed by atoms with E-state index in [0.29, 0.717) is 18.5 Å². The van der Waals surface area contributed by atoms with Crippen LogP contribution in [0.1, 0.15) is 38.7 Å². The second-order valence-electron chi connectivity index (χ2n) is 10.9. The summed E-state index contributed by atoms with van der Waals surface area (Å²) in [6.45, 7) is 5.78. The Morgan fingerprint density at radius 1 is 1.02 bits per heavy atom. The van der Waals surface area contributed by atoms with E-state index in [4.69, 9.17) is 24.7 Å². The molecule has 43 heavy (non-hydrogen) atoms. The second-order valence-corrected chi connectivity index (χ2v) is 10.9. The number of nitrogens with zero attached hydrogens (tertiary/aromatic N) is 3. The van der Waals surface area contributed by atoms with Crippen LogP contribution in [0.15, 0.2) is 71.2 Å². The molecule has 2 aliphatic rings. The highest BCUT2D eigenvalue weighted by atomic mass is 19.1. The first kappa shape index (κ1) is 30.9. The van der Waals surface area contributed by atoms with E-state index in [1.54, 1.807) is 51.1 Å². The van der Waals surface area contributed by atoms with Crippen LogP contribution in [0.4, 0.5) is 14.9 Å². The molecular formula is C31H33FN4O7. The van der Waals surface area contributed by atoms with E-state index >= 15 is 4.39 Å². The van der Waals surface area contributed by atoms with Gasteiger partial charge in [0.2, 0.25) is 0 Å². The van der Waals surface area contributed by atoms with E-state index < -0.39 is 47.2 Å². The summed E-state index contributed by atoms with van der Waals surface area (Å²) in [5, 5.41) is 10.3. The third kappa shape index (κ3) is 6.25. The number of rotatable bonds is 6. The van der Waals surface area contributed by atoms with Crippen LogP contribution in [0.3, 0.4) is 0 Å². The number of para-hydroxylation sites is 1. The molecule has 2 heterocycles. The van der Waals surface area contributed by atoms with Gasteiger partial charge in [-0.05, 0) is 38.5 Å². The summed E-state index contributed by atoms with van der Waals surface area (Å²) < 4.78 is 37.5. The minimum Gasteiger partial charge on any atom is -0.486 e. The number of amides is 1. The molecule has 0 aromatic heterocycles. The maximum absolute atomic E-state index is 15.8. The van der Waals surface area contributed by atoms with Gasteiger partial charge in [-0.1, -0.05) is 36.4 Å². The Balaban J connectivity index is 1.85. The number of likely N-dealkylation sites (tertiary alicyclic amines) is 1. The zero-order valence-electron chi connectivity index (χ0n) is 24.5. The molecule has 1 fully saturated rings. The molecule has 11 nitrogen and oxygen atoms in total. The van der Waals surface area contributed by atoms with Crippen LogP contribution >= 0.6 is 0 Å². The van der Waals surface area contributed by atoms with Gasteiger partial charge in [-0.2, -0.15) is 5.26 Å². The number of nitriles is 1. The van der Waals surface area contributed by atoms with Gasteiger partial charge in [-0.15, -0.1) is 0 Å². The molecule has 12 heteroatoms. The fourth-order valence-electron chi connectivity index (χ4n) is 5.05. The zero-order chi connectivity index (χ0) is 31.5. The molecule has 1 amide bonds. The molecule has 0 saturated carbocycles. The second kappa shape index (κ2) is 12.4. The van der Waals surface area contributed by atoms with E-state index in [-0.39, 0.29) is 34.9 Å². The SMILES string of the molecule is COC(=O)C1=C(C(=O)OC)N(c2c(F)cccc2OC2CCN(C(=O)OC(C)(C)C)C2)C(N)=C(C#N)C1c1ccccc1. The number of carbonyl (C=O) groups excluding carboxylic acids is 3. The number of hydrogen-bond donors (Lipinski definition) is 1. The van der Waals surface area contributed by atoms with Gasteiger partial charge in [0, 0.05) is 13.0 Å². The number of ether oxygens (including phenoxy) is 4. The number of benzene rings is 2. The van der Waals surface area contributed by atoms with E-state index in [2.05, 4.69) is 0 Å². The number of hydrogen-bond acceptors (Lipinski definition) is 10.